The van der Waals surface area contributed by atoms with E-state index in [1.165, 1.54) is 6.07 Å². The summed E-state index contributed by atoms with van der Waals surface area (Å²) in [6.45, 7) is 5.51. The Kier molecular flexibility index (Phi) is 2.88. The van der Waals surface area contributed by atoms with Crippen LogP contribution in [0.2, 0.25) is 0 Å². The number of anilines is 1. The summed E-state index contributed by atoms with van der Waals surface area (Å²) in [5.74, 6) is -0.957. The minimum Gasteiger partial charge on any atom is -0.365 e. The van der Waals surface area contributed by atoms with Gasteiger partial charge in [-0.3, -0.25) is 0 Å². The van der Waals surface area contributed by atoms with E-state index in [-0.39, 0.29) is 11.4 Å². The molecule has 0 bridgehead atoms. The van der Waals surface area contributed by atoms with Gasteiger partial charge in [-0.25, -0.2) is 9.97 Å². The first-order chi connectivity index (χ1) is 6.68. The van der Waals surface area contributed by atoms with Crippen molar-refractivity contribution < 1.29 is 13.2 Å². The summed E-state index contributed by atoms with van der Waals surface area (Å²) < 4.78 is 36.7. The molecule has 3 nitrogen and oxygen atoms in total. The highest BCUT2D eigenvalue weighted by atomic mass is 19.4. The first-order valence-corrected chi connectivity index (χ1v) is 4.37. The van der Waals surface area contributed by atoms with Crippen LogP contribution in [0.25, 0.3) is 0 Å². The Morgan fingerprint density at radius 2 is 1.80 bits per heavy atom. The summed E-state index contributed by atoms with van der Waals surface area (Å²) in [7, 11) is 0. The molecule has 0 spiro atoms. The van der Waals surface area contributed by atoms with Gasteiger partial charge in [-0.2, -0.15) is 13.2 Å². The van der Waals surface area contributed by atoms with Crippen molar-refractivity contribution in [3.8, 4) is 0 Å². The molecule has 0 radical (unpaired) electrons. The van der Waals surface area contributed by atoms with Crippen LogP contribution in [-0.4, -0.2) is 15.5 Å². The maximum Gasteiger partial charge on any atom is 0.451 e. The Hall–Kier alpha value is -1.33. The van der Waals surface area contributed by atoms with Gasteiger partial charge in [0.2, 0.25) is 5.82 Å². The van der Waals surface area contributed by atoms with Crippen molar-refractivity contribution in [2.75, 3.05) is 5.32 Å². The van der Waals surface area contributed by atoms with Crippen LogP contribution in [0, 0.1) is 0 Å². The smallest absolute Gasteiger partial charge is 0.365 e. The van der Waals surface area contributed by atoms with E-state index in [2.05, 4.69) is 15.3 Å². The van der Waals surface area contributed by atoms with Gasteiger partial charge in [0.1, 0.15) is 5.82 Å². The van der Waals surface area contributed by atoms with E-state index in [1.807, 2.05) is 20.8 Å². The highest BCUT2D eigenvalue weighted by molar-refractivity contribution is 5.35. The van der Waals surface area contributed by atoms with Gasteiger partial charge in [0.15, 0.2) is 0 Å². The third-order valence-corrected chi connectivity index (χ3v) is 1.41. The first-order valence-electron chi connectivity index (χ1n) is 4.37. The van der Waals surface area contributed by atoms with E-state index in [1.54, 1.807) is 0 Å². The molecule has 0 aliphatic rings. The number of alkyl halides is 3. The molecule has 1 N–H and O–H groups in total. The van der Waals surface area contributed by atoms with Crippen LogP contribution in [0.3, 0.4) is 0 Å². The lowest BCUT2D eigenvalue weighted by Gasteiger charge is -2.21. The Morgan fingerprint density at radius 1 is 1.20 bits per heavy atom. The lowest BCUT2D eigenvalue weighted by atomic mass is 10.1. The predicted octanol–water partition coefficient (Wildman–Crippen LogP) is 2.71. The number of nitrogens with zero attached hydrogens (tertiary/aromatic N) is 2. The van der Waals surface area contributed by atoms with Crippen LogP contribution in [0.1, 0.15) is 26.6 Å². The quantitative estimate of drug-likeness (QED) is 0.789. The maximum atomic E-state index is 12.2. The number of halogens is 3. The molecule has 0 aliphatic heterocycles. The molecule has 15 heavy (non-hydrogen) atoms. The van der Waals surface area contributed by atoms with Gasteiger partial charge in [-0.05, 0) is 26.8 Å². The number of aromatic nitrogens is 2. The summed E-state index contributed by atoms with van der Waals surface area (Å²) in [5, 5.41) is 2.84. The SMILES string of the molecule is CC(C)(C)Nc1ccnc(C(F)(F)F)n1. The van der Waals surface area contributed by atoms with Crippen molar-refractivity contribution in [3.63, 3.8) is 0 Å². The van der Waals surface area contributed by atoms with Crippen molar-refractivity contribution in [3.05, 3.63) is 18.1 Å². The molecule has 1 aromatic rings. The zero-order valence-corrected chi connectivity index (χ0v) is 8.68. The Morgan fingerprint density at radius 3 is 2.27 bits per heavy atom. The highest BCUT2D eigenvalue weighted by Crippen LogP contribution is 2.26. The Labute approximate surface area is 85.7 Å². The van der Waals surface area contributed by atoms with Crippen LogP contribution in [0.4, 0.5) is 19.0 Å². The molecule has 0 aliphatic carbocycles. The van der Waals surface area contributed by atoms with Crippen LogP contribution >= 0.6 is 0 Å². The third-order valence-electron chi connectivity index (χ3n) is 1.41. The summed E-state index contributed by atoms with van der Waals surface area (Å²) in [5.41, 5.74) is -0.336. The lowest BCUT2D eigenvalue weighted by molar-refractivity contribution is -0.144. The first kappa shape index (κ1) is 11.7. The molecular weight excluding hydrogens is 207 g/mol. The fourth-order valence-electron chi connectivity index (χ4n) is 0.949. The molecular formula is C9H12F3N3. The second-order valence-electron chi connectivity index (χ2n) is 4.14. The molecule has 0 fully saturated rings. The van der Waals surface area contributed by atoms with Crippen molar-refractivity contribution in [1.29, 1.82) is 0 Å². The maximum absolute atomic E-state index is 12.2. The summed E-state index contributed by atoms with van der Waals surface area (Å²) >= 11 is 0. The number of hydrogen-bond donors (Lipinski definition) is 1. The van der Waals surface area contributed by atoms with Gasteiger partial charge in [0, 0.05) is 11.7 Å². The Balaban J connectivity index is 2.94. The summed E-state index contributed by atoms with van der Waals surface area (Å²) in [6, 6.07) is 1.40. The zero-order chi connectivity index (χ0) is 11.7. The van der Waals surface area contributed by atoms with Crippen molar-refractivity contribution in [2.24, 2.45) is 0 Å². The van der Waals surface area contributed by atoms with E-state index >= 15 is 0 Å². The predicted molar refractivity (Wildman–Crippen MR) is 50.4 cm³/mol. The van der Waals surface area contributed by atoms with Crippen LogP contribution in [0.15, 0.2) is 12.3 Å². The highest BCUT2D eigenvalue weighted by Gasteiger charge is 2.34. The second-order valence-corrected chi connectivity index (χ2v) is 4.14. The fourth-order valence-corrected chi connectivity index (χ4v) is 0.949. The average molecular weight is 219 g/mol. The van der Waals surface area contributed by atoms with Crippen LogP contribution in [-0.2, 0) is 6.18 Å². The second kappa shape index (κ2) is 3.67. The van der Waals surface area contributed by atoms with Gasteiger partial charge >= 0.3 is 6.18 Å². The zero-order valence-electron chi connectivity index (χ0n) is 8.68. The van der Waals surface area contributed by atoms with E-state index < -0.39 is 12.0 Å². The topological polar surface area (TPSA) is 37.8 Å². The minimum absolute atomic E-state index is 0.171. The van der Waals surface area contributed by atoms with Crippen molar-refractivity contribution in [2.45, 2.75) is 32.5 Å². The lowest BCUT2D eigenvalue weighted by Crippen LogP contribution is -2.27. The molecule has 0 saturated heterocycles. The monoisotopic (exact) mass is 219 g/mol. The van der Waals surface area contributed by atoms with E-state index in [4.69, 9.17) is 0 Å². The van der Waals surface area contributed by atoms with Gasteiger partial charge in [0.25, 0.3) is 0 Å². The number of nitrogens with one attached hydrogen (secondary N) is 1. The molecule has 84 valence electrons. The fraction of sp³-hybridized carbons (Fsp3) is 0.556. The van der Waals surface area contributed by atoms with Gasteiger partial charge in [0.05, 0.1) is 0 Å². The number of hydrogen-bond acceptors (Lipinski definition) is 3. The third kappa shape index (κ3) is 3.73. The summed E-state index contributed by atoms with van der Waals surface area (Å²) in [6.07, 6.45) is -3.42. The molecule has 1 aromatic heterocycles. The molecule has 0 aromatic carbocycles. The average Bonchev–Trinajstić information content (AvgIpc) is 1.99. The Bertz CT molecular complexity index is 341. The summed E-state index contributed by atoms with van der Waals surface area (Å²) in [4.78, 5) is 6.55. The normalized spacial score (nSPS) is 12.7. The van der Waals surface area contributed by atoms with Gasteiger partial charge in [-0.15, -0.1) is 0 Å². The molecule has 0 saturated carbocycles. The van der Waals surface area contributed by atoms with Crippen LogP contribution in [0.5, 0.6) is 0 Å². The largest absolute Gasteiger partial charge is 0.451 e. The molecule has 0 amide bonds. The number of rotatable bonds is 1. The molecule has 0 atom stereocenters. The van der Waals surface area contributed by atoms with Crippen molar-refractivity contribution in [1.82, 2.24) is 9.97 Å². The van der Waals surface area contributed by atoms with Gasteiger partial charge < -0.3 is 5.32 Å². The van der Waals surface area contributed by atoms with Crippen molar-refractivity contribution >= 4 is 5.82 Å². The molecule has 6 heteroatoms. The standard InChI is InChI=1S/C9H12F3N3/c1-8(2,3)15-6-4-5-13-7(14-6)9(10,11)12/h4-5H,1-3H3,(H,13,14,15). The molecule has 1 rings (SSSR count). The van der Waals surface area contributed by atoms with E-state index in [0.717, 1.165) is 6.20 Å². The van der Waals surface area contributed by atoms with E-state index in [9.17, 15) is 13.2 Å². The molecule has 1 heterocycles. The van der Waals surface area contributed by atoms with E-state index in [0.29, 0.717) is 0 Å². The minimum atomic E-state index is -4.50. The molecule has 0 unspecified atom stereocenters. The van der Waals surface area contributed by atoms with Crippen LogP contribution < -0.4 is 5.32 Å². The van der Waals surface area contributed by atoms with Gasteiger partial charge in [-0.1, -0.05) is 0 Å².